The summed E-state index contributed by atoms with van der Waals surface area (Å²) in [5, 5.41) is 2.45. The van der Waals surface area contributed by atoms with Crippen molar-refractivity contribution in [2.24, 2.45) is 11.3 Å². The van der Waals surface area contributed by atoms with E-state index in [9.17, 15) is 4.79 Å². The van der Waals surface area contributed by atoms with Gasteiger partial charge in [-0.1, -0.05) is 60.2 Å². The average molecular weight is 350 g/mol. The van der Waals surface area contributed by atoms with E-state index < -0.39 is 0 Å². The number of hydrogen-bond acceptors (Lipinski definition) is 1. The van der Waals surface area contributed by atoms with E-state index in [4.69, 9.17) is 0 Å². The van der Waals surface area contributed by atoms with Crippen LogP contribution in [0.5, 0.6) is 0 Å². The lowest BCUT2D eigenvalue weighted by Crippen LogP contribution is -2.39. The summed E-state index contributed by atoms with van der Waals surface area (Å²) in [5.41, 5.74) is 6.17. The Hall–Kier alpha value is -2.67. The standard InChI is InChI=1S/C26H22O/c27-25-24-15-19-7-4-8-22(18-5-2-1-3-6-18)23(19)14-20(24)11-12-26(25)16-17-9-10-21(26)13-17/h1-9,14-15,21H,10-13,16H2. The largest absolute Gasteiger partial charge is 0.294 e. The predicted octanol–water partition coefficient (Wildman–Crippen LogP) is 6.36. The van der Waals surface area contributed by atoms with Crippen molar-refractivity contribution >= 4 is 16.6 Å². The van der Waals surface area contributed by atoms with Crippen molar-refractivity contribution in [1.29, 1.82) is 0 Å². The lowest BCUT2D eigenvalue weighted by Gasteiger charge is -2.39. The van der Waals surface area contributed by atoms with Crippen LogP contribution in [0.2, 0.25) is 0 Å². The quantitative estimate of drug-likeness (QED) is 0.467. The van der Waals surface area contributed by atoms with E-state index >= 15 is 0 Å². The number of allylic oxidation sites excluding steroid dienone is 2. The van der Waals surface area contributed by atoms with Gasteiger partial charge in [0.25, 0.3) is 0 Å². The van der Waals surface area contributed by atoms with Crippen molar-refractivity contribution in [2.75, 3.05) is 0 Å². The third kappa shape index (κ3) is 2.09. The van der Waals surface area contributed by atoms with Crippen molar-refractivity contribution in [3.63, 3.8) is 0 Å². The first kappa shape index (κ1) is 15.4. The van der Waals surface area contributed by atoms with Crippen molar-refractivity contribution in [3.8, 4) is 11.1 Å². The maximum Gasteiger partial charge on any atom is 0.169 e. The summed E-state index contributed by atoms with van der Waals surface area (Å²) < 4.78 is 0. The highest BCUT2D eigenvalue weighted by Crippen LogP contribution is 2.58. The smallest absolute Gasteiger partial charge is 0.169 e. The van der Waals surface area contributed by atoms with Crippen LogP contribution < -0.4 is 0 Å². The SMILES string of the molecule is O=C1c2cc3cccc(-c4ccccc4)c3cc2CCC12CC1=CCC2C1. The molecule has 2 bridgehead atoms. The summed E-state index contributed by atoms with van der Waals surface area (Å²) in [6.45, 7) is 0. The molecule has 1 heteroatoms. The molecule has 1 spiro atoms. The van der Waals surface area contributed by atoms with E-state index in [1.54, 1.807) is 0 Å². The van der Waals surface area contributed by atoms with E-state index in [2.05, 4.69) is 66.7 Å². The summed E-state index contributed by atoms with van der Waals surface area (Å²) in [5.74, 6) is 0.975. The molecule has 3 aliphatic rings. The van der Waals surface area contributed by atoms with Gasteiger partial charge in [-0.05, 0) is 77.6 Å². The molecule has 132 valence electrons. The summed E-state index contributed by atoms with van der Waals surface area (Å²) in [7, 11) is 0. The Kier molecular flexibility index (Phi) is 3.09. The molecule has 3 aliphatic carbocycles. The van der Waals surface area contributed by atoms with Gasteiger partial charge in [0.15, 0.2) is 5.78 Å². The monoisotopic (exact) mass is 350 g/mol. The molecular formula is C26H22O. The van der Waals surface area contributed by atoms with Crippen molar-refractivity contribution in [3.05, 3.63) is 83.4 Å². The molecule has 0 heterocycles. The Balaban J connectivity index is 1.51. The second-order valence-corrected chi connectivity index (χ2v) is 8.56. The van der Waals surface area contributed by atoms with Crippen LogP contribution in [0.3, 0.4) is 0 Å². The van der Waals surface area contributed by atoms with Crippen LogP contribution in [-0.4, -0.2) is 5.78 Å². The Morgan fingerprint density at radius 3 is 2.59 bits per heavy atom. The van der Waals surface area contributed by atoms with Crippen LogP contribution in [0.25, 0.3) is 21.9 Å². The van der Waals surface area contributed by atoms with Gasteiger partial charge in [-0.2, -0.15) is 0 Å². The summed E-state index contributed by atoms with van der Waals surface area (Å²) in [6.07, 6.45) is 7.72. The third-order valence-corrected chi connectivity index (χ3v) is 7.25. The van der Waals surface area contributed by atoms with Crippen molar-refractivity contribution in [1.82, 2.24) is 0 Å². The van der Waals surface area contributed by atoms with Crippen LogP contribution in [0.15, 0.2) is 72.3 Å². The Bertz CT molecular complexity index is 1120. The minimum atomic E-state index is -0.0954. The molecule has 1 saturated carbocycles. The molecule has 0 aliphatic heterocycles. The molecule has 0 saturated heterocycles. The first-order valence-electron chi connectivity index (χ1n) is 10.1. The fourth-order valence-electron chi connectivity index (χ4n) is 5.86. The second-order valence-electron chi connectivity index (χ2n) is 8.56. The number of rotatable bonds is 1. The first-order valence-corrected chi connectivity index (χ1v) is 10.1. The van der Waals surface area contributed by atoms with Crippen LogP contribution in [0.1, 0.15) is 41.6 Å². The lowest BCUT2D eigenvalue weighted by molar-refractivity contribution is 0.0671. The number of carbonyl (C=O) groups excluding carboxylic acids is 1. The molecule has 0 radical (unpaired) electrons. The number of ketones is 1. The molecule has 2 unspecified atom stereocenters. The molecule has 1 nitrogen and oxygen atoms in total. The second kappa shape index (κ2) is 5.42. The highest BCUT2D eigenvalue weighted by atomic mass is 16.1. The fourth-order valence-corrected chi connectivity index (χ4v) is 5.86. The Morgan fingerprint density at radius 1 is 0.926 bits per heavy atom. The first-order chi connectivity index (χ1) is 13.2. The van der Waals surface area contributed by atoms with Gasteiger partial charge in [0.05, 0.1) is 0 Å². The minimum absolute atomic E-state index is 0.0954. The third-order valence-electron chi connectivity index (χ3n) is 7.25. The predicted molar refractivity (Wildman–Crippen MR) is 110 cm³/mol. The fraction of sp³-hybridized carbons (Fsp3) is 0.269. The molecule has 0 amide bonds. The molecule has 27 heavy (non-hydrogen) atoms. The van der Waals surface area contributed by atoms with Crippen LogP contribution >= 0.6 is 0 Å². The van der Waals surface area contributed by atoms with Gasteiger partial charge in [0.2, 0.25) is 0 Å². The molecule has 6 rings (SSSR count). The molecule has 3 aromatic carbocycles. The molecule has 3 aromatic rings. The molecule has 2 atom stereocenters. The van der Waals surface area contributed by atoms with Gasteiger partial charge in [-0.25, -0.2) is 0 Å². The number of carbonyl (C=O) groups is 1. The average Bonchev–Trinajstić information content (AvgIpc) is 3.32. The number of benzene rings is 3. The molecule has 1 fully saturated rings. The normalized spacial score (nSPS) is 25.9. The van der Waals surface area contributed by atoms with Gasteiger partial charge in [0.1, 0.15) is 0 Å². The number of Topliss-reactive ketones (excluding diaryl/α,β-unsaturated/α-hetero) is 1. The van der Waals surface area contributed by atoms with E-state index in [1.165, 1.54) is 33.0 Å². The van der Waals surface area contributed by atoms with E-state index in [0.717, 1.165) is 37.7 Å². The molecular weight excluding hydrogens is 328 g/mol. The van der Waals surface area contributed by atoms with Gasteiger partial charge in [-0.3, -0.25) is 4.79 Å². The molecule has 0 N–H and O–H groups in total. The van der Waals surface area contributed by atoms with Crippen molar-refractivity contribution < 1.29 is 4.79 Å². The Morgan fingerprint density at radius 2 is 1.81 bits per heavy atom. The zero-order valence-electron chi connectivity index (χ0n) is 15.4. The van der Waals surface area contributed by atoms with Gasteiger partial charge >= 0.3 is 0 Å². The Labute approximate surface area is 159 Å². The van der Waals surface area contributed by atoms with E-state index in [0.29, 0.717) is 11.7 Å². The zero-order chi connectivity index (χ0) is 18.0. The number of fused-ring (bicyclic) bond motifs is 5. The number of aryl methyl sites for hydroxylation is 1. The molecule has 0 aromatic heterocycles. The van der Waals surface area contributed by atoms with Gasteiger partial charge in [0, 0.05) is 11.0 Å². The maximum absolute atomic E-state index is 13.6. The van der Waals surface area contributed by atoms with Gasteiger partial charge in [-0.15, -0.1) is 0 Å². The zero-order valence-corrected chi connectivity index (χ0v) is 15.4. The summed E-state index contributed by atoms with van der Waals surface area (Å²) in [6, 6.07) is 21.5. The lowest BCUT2D eigenvalue weighted by atomic mass is 9.63. The highest BCUT2D eigenvalue weighted by molar-refractivity contribution is 6.08. The van der Waals surface area contributed by atoms with Crippen LogP contribution in [0, 0.1) is 11.3 Å². The summed E-state index contributed by atoms with van der Waals surface area (Å²) in [4.78, 5) is 13.6. The van der Waals surface area contributed by atoms with Gasteiger partial charge < -0.3 is 0 Å². The highest BCUT2D eigenvalue weighted by Gasteiger charge is 2.53. The maximum atomic E-state index is 13.6. The van der Waals surface area contributed by atoms with Crippen LogP contribution in [0.4, 0.5) is 0 Å². The minimum Gasteiger partial charge on any atom is -0.294 e. The van der Waals surface area contributed by atoms with Crippen LogP contribution in [-0.2, 0) is 6.42 Å². The summed E-state index contributed by atoms with van der Waals surface area (Å²) >= 11 is 0. The van der Waals surface area contributed by atoms with E-state index in [-0.39, 0.29) is 5.41 Å². The van der Waals surface area contributed by atoms with Crippen molar-refractivity contribution in [2.45, 2.75) is 32.1 Å². The topological polar surface area (TPSA) is 17.1 Å². The number of hydrogen-bond donors (Lipinski definition) is 0. The van der Waals surface area contributed by atoms with E-state index in [1.807, 2.05) is 0 Å².